The van der Waals surface area contributed by atoms with Crippen molar-refractivity contribution in [3.8, 4) is 5.75 Å². The molecule has 2 aliphatic rings. The van der Waals surface area contributed by atoms with E-state index >= 15 is 0 Å². The quantitative estimate of drug-likeness (QED) is 0.841. The monoisotopic (exact) mass is 384 g/mol. The van der Waals surface area contributed by atoms with E-state index in [4.69, 9.17) is 4.74 Å². The first-order valence-electron chi connectivity index (χ1n) is 8.26. The van der Waals surface area contributed by atoms with Crippen LogP contribution < -0.4 is 15.0 Å². The number of carboxylic acid groups (broad SMARTS) is 1. The van der Waals surface area contributed by atoms with Crippen molar-refractivity contribution < 1.29 is 24.2 Å². The van der Waals surface area contributed by atoms with Gasteiger partial charge >= 0.3 is 5.97 Å². The van der Waals surface area contributed by atoms with Crippen LogP contribution in [0.15, 0.2) is 48.5 Å². The van der Waals surface area contributed by atoms with Crippen molar-refractivity contribution in [2.45, 2.75) is 16.5 Å². The number of benzene rings is 2. The lowest BCUT2D eigenvalue weighted by Crippen LogP contribution is -2.47. The average Bonchev–Trinajstić information content (AvgIpc) is 3.10. The summed E-state index contributed by atoms with van der Waals surface area (Å²) in [6, 6.07) is 13.9. The molecule has 2 heterocycles. The predicted octanol–water partition coefficient (Wildman–Crippen LogP) is 2.42. The van der Waals surface area contributed by atoms with Gasteiger partial charge in [0.1, 0.15) is 5.75 Å². The Morgan fingerprint density at radius 3 is 2.59 bits per heavy atom. The zero-order valence-electron chi connectivity index (χ0n) is 14.3. The summed E-state index contributed by atoms with van der Waals surface area (Å²) < 4.78 is 5.16. The van der Waals surface area contributed by atoms with Gasteiger partial charge in [-0.1, -0.05) is 18.2 Å². The highest BCUT2D eigenvalue weighted by Crippen LogP contribution is 2.56. The van der Waals surface area contributed by atoms with Gasteiger partial charge in [-0.15, -0.1) is 11.8 Å². The van der Waals surface area contributed by atoms with Crippen LogP contribution in [0.3, 0.4) is 0 Å². The number of ether oxygens (including phenoxy) is 1. The summed E-state index contributed by atoms with van der Waals surface area (Å²) in [6.07, 6.45) is -0.354. The molecule has 2 unspecified atom stereocenters. The van der Waals surface area contributed by atoms with Crippen LogP contribution in [-0.2, 0) is 19.3 Å². The van der Waals surface area contributed by atoms with Gasteiger partial charge in [-0.2, -0.15) is 0 Å². The second kappa shape index (κ2) is 6.31. The number of rotatable bonds is 4. The number of methoxy groups -OCH3 is 1. The van der Waals surface area contributed by atoms with Crippen LogP contribution in [-0.4, -0.2) is 35.2 Å². The fourth-order valence-electron chi connectivity index (χ4n) is 3.49. The summed E-state index contributed by atoms with van der Waals surface area (Å²) in [5, 5.41) is 11.2. The molecular weight excluding hydrogens is 368 g/mol. The molecule has 27 heavy (non-hydrogen) atoms. The number of hydrogen-bond donors (Lipinski definition) is 2. The minimum Gasteiger partial charge on any atom is -0.497 e. The molecule has 1 saturated heterocycles. The second-order valence-electron chi connectivity index (χ2n) is 6.22. The van der Waals surface area contributed by atoms with Gasteiger partial charge < -0.3 is 15.2 Å². The molecule has 8 heteroatoms. The number of thioether (sulfide) groups is 1. The maximum Gasteiger partial charge on any atom is 0.305 e. The summed E-state index contributed by atoms with van der Waals surface area (Å²) >= 11 is 1.07. The molecule has 2 atom stereocenters. The van der Waals surface area contributed by atoms with E-state index in [1.54, 1.807) is 48.5 Å². The van der Waals surface area contributed by atoms with E-state index in [1.807, 2.05) is 0 Å². The van der Waals surface area contributed by atoms with Crippen LogP contribution in [0.25, 0.3) is 0 Å². The third kappa shape index (κ3) is 2.56. The molecule has 0 aromatic heterocycles. The normalized spacial score (nSPS) is 23.4. The largest absolute Gasteiger partial charge is 0.497 e. The molecular formula is C19H16N2O5S. The number of hydrogen-bond acceptors (Lipinski definition) is 5. The van der Waals surface area contributed by atoms with Crippen molar-refractivity contribution in [1.82, 2.24) is 0 Å². The van der Waals surface area contributed by atoms with E-state index in [0.29, 0.717) is 22.7 Å². The fourth-order valence-corrected chi connectivity index (χ4v) is 5.10. The standard InChI is InChI=1S/C19H16N2O5S/c1-26-12-8-6-11(7-9-12)21-17(24)15(10-16(22)23)27-19(21)13-4-2-3-5-14(13)20-18(19)25/h2-9,15H,10H2,1H3,(H,20,25)(H,22,23). The van der Waals surface area contributed by atoms with Gasteiger partial charge in [0.25, 0.3) is 5.91 Å². The molecule has 2 aromatic rings. The number of amides is 2. The number of aliphatic carboxylic acids is 1. The number of carbonyl (C=O) groups excluding carboxylic acids is 2. The van der Waals surface area contributed by atoms with Crippen molar-refractivity contribution in [1.29, 1.82) is 0 Å². The summed E-state index contributed by atoms with van der Waals surface area (Å²) in [5.74, 6) is -1.23. The number of para-hydroxylation sites is 1. The molecule has 2 N–H and O–H groups in total. The Kier molecular flexibility index (Phi) is 4.07. The summed E-state index contributed by atoms with van der Waals surface area (Å²) in [7, 11) is 1.54. The molecule has 0 aliphatic carbocycles. The number of carbonyl (C=O) groups is 3. The number of carboxylic acids is 1. The molecule has 0 radical (unpaired) electrons. The molecule has 7 nitrogen and oxygen atoms in total. The molecule has 2 amide bonds. The van der Waals surface area contributed by atoms with Gasteiger partial charge in [0.15, 0.2) is 0 Å². The van der Waals surface area contributed by atoms with Gasteiger partial charge in [0.05, 0.1) is 18.8 Å². The Morgan fingerprint density at radius 2 is 1.93 bits per heavy atom. The first-order chi connectivity index (χ1) is 13.0. The van der Waals surface area contributed by atoms with E-state index in [9.17, 15) is 19.5 Å². The Hall–Kier alpha value is -3.00. The lowest BCUT2D eigenvalue weighted by Gasteiger charge is -2.32. The molecule has 2 aliphatic heterocycles. The minimum absolute atomic E-state index is 0.354. The maximum atomic E-state index is 13.1. The summed E-state index contributed by atoms with van der Waals surface area (Å²) in [6.45, 7) is 0. The van der Waals surface area contributed by atoms with Crippen molar-refractivity contribution in [2.24, 2.45) is 0 Å². The molecule has 1 spiro atoms. The molecule has 0 bridgehead atoms. The number of fused-ring (bicyclic) bond motifs is 2. The maximum absolute atomic E-state index is 13.1. The topological polar surface area (TPSA) is 95.9 Å². The smallest absolute Gasteiger partial charge is 0.305 e. The zero-order valence-corrected chi connectivity index (χ0v) is 15.2. The minimum atomic E-state index is -1.33. The molecule has 138 valence electrons. The fraction of sp³-hybridized carbons (Fsp3) is 0.211. The van der Waals surface area contributed by atoms with Crippen LogP contribution in [0, 0.1) is 0 Å². The highest BCUT2D eigenvalue weighted by atomic mass is 32.2. The van der Waals surface area contributed by atoms with Crippen LogP contribution in [0.4, 0.5) is 11.4 Å². The number of nitrogens with zero attached hydrogens (tertiary/aromatic N) is 1. The molecule has 4 rings (SSSR count). The Morgan fingerprint density at radius 1 is 1.22 bits per heavy atom. The van der Waals surface area contributed by atoms with E-state index in [0.717, 1.165) is 11.8 Å². The third-order valence-electron chi connectivity index (χ3n) is 4.66. The van der Waals surface area contributed by atoms with Crippen molar-refractivity contribution in [2.75, 3.05) is 17.3 Å². The van der Waals surface area contributed by atoms with Crippen LogP contribution in [0.2, 0.25) is 0 Å². The molecule has 0 saturated carbocycles. The van der Waals surface area contributed by atoms with E-state index in [-0.39, 0.29) is 12.3 Å². The molecule has 1 fully saturated rings. The van der Waals surface area contributed by atoms with Gasteiger partial charge in [-0.25, -0.2) is 0 Å². The van der Waals surface area contributed by atoms with Crippen molar-refractivity contribution in [3.05, 3.63) is 54.1 Å². The van der Waals surface area contributed by atoms with E-state index in [1.165, 1.54) is 12.0 Å². The zero-order chi connectivity index (χ0) is 19.2. The number of anilines is 2. The van der Waals surface area contributed by atoms with Crippen molar-refractivity contribution >= 4 is 40.9 Å². The lowest BCUT2D eigenvalue weighted by atomic mass is 10.0. The first-order valence-corrected chi connectivity index (χ1v) is 9.14. The van der Waals surface area contributed by atoms with E-state index in [2.05, 4.69) is 5.32 Å². The van der Waals surface area contributed by atoms with Gasteiger partial charge in [0.2, 0.25) is 10.8 Å². The number of nitrogens with one attached hydrogen (secondary N) is 1. The Labute approximate surface area is 159 Å². The third-order valence-corrected chi connectivity index (χ3v) is 6.24. The lowest BCUT2D eigenvalue weighted by molar-refractivity contribution is -0.138. The SMILES string of the molecule is COc1ccc(N2C(=O)C(CC(=O)O)SC23C(=O)Nc2ccccc23)cc1. The van der Waals surface area contributed by atoms with Gasteiger partial charge in [-0.3, -0.25) is 19.3 Å². The van der Waals surface area contributed by atoms with Gasteiger partial charge in [0, 0.05) is 16.9 Å². The van der Waals surface area contributed by atoms with Gasteiger partial charge in [-0.05, 0) is 30.3 Å². The Balaban J connectivity index is 1.88. The van der Waals surface area contributed by atoms with E-state index < -0.39 is 22.0 Å². The average molecular weight is 384 g/mol. The second-order valence-corrected chi connectivity index (χ2v) is 7.62. The summed E-state index contributed by atoms with van der Waals surface area (Å²) in [5.41, 5.74) is 1.78. The highest BCUT2D eigenvalue weighted by molar-refractivity contribution is 8.03. The molecule has 2 aromatic carbocycles. The van der Waals surface area contributed by atoms with Crippen LogP contribution >= 0.6 is 11.8 Å². The first kappa shape index (κ1) is 17.4. The van der Waals surface area contributed by atoms with Crippen LogP contribution in [0.5, 0.6) is 5.75 Å². The summed E-state index contributed by atoms with van der Waals surface area (Å²) in [4.78, 5) is 37.5. The highest BCUT2D eigenvalue weighted by Gasteiger charge is 2.62. The predicted molar refractivity (Wildman–Crippen MR) is 101 cm³/mol. The van der Waals surface area contributed by atoms with Crippen LogP contribution in [0.1, 0.15) is 12.0 Å². The Bertz CT molecular complexity index is 945. The van der Waals surface area contributed by atoms with Crippen molar-refractivity contribution in [3.63, 3.8) is 0 Å².